The Morgan fingerprint density at radius 3 is 2.74 bits per heavy atom. The highest BCUT2D eigenvalue weighted by molar-refractivity contribution is 9.10. The molecule has 0 saturated heterocycles. The van der Waals surface area contributed by atoms with E-state index in [2.05, 4.69) is 25.7 Å². The highest BCUT2D eigenvalue weighted by atomic mass is 79.9. The lowest BCUT2D eigenvalue weighted by Gasteiger charge is -2.10. The number of nitrogen functional groups attached to an aromatic ring is 1. The van der Waals surface area contributed by atoms with E-state index < -0.39 is 5.97 Å². The number of imidazole rings is 1. The molecule has 0 radical (unpaired) electrons. The Balaban J connectivity index is 2.66. The van der Waals surface area contributed by atoms with E-state index in [9.17, 15) is 4.79 Å². The molecule has 0 amide bonds. The number of aromatic nitrogens is 2. The molecule has 0 aliphatic carbocycles. The van der Waals surface area contributed by atoms with Gasteiger partial charge < -0.3 is 10.5 Å². The van der Waals surface area contributed by atoms with Crippen LogP contribution in [0.1, 0.15) is 21.9 Å². The number of carbonyl (C=O) groups is 1. The molecule has 0 unspecified atom stereocenters. The van der Waals surface area contributed by atoms with E-state index >= 15 is 0 Å². The summed E-state index contributed by atoms with van der Waals surface area (Å²) in [4.78, 5) is 15.8. The molecule has 5 nitrogen and oxygen atoms in total. The van der Waals surface area contributed by atoms with Gasteiger partial charge in [0.25, 0.3) is 0 Å². The number of hydrogen-bond acceptors (Lipinski definition) is 4. The van der Waals surface area contributed by atoms with Crippen molar-refractivity contribution in [2.24, 2.45) is 0 Å². The second-order valence-electron chi connectivity index (χ2n) is 4.17. The Morgan fingerprint density at radius 1 is 1.42 bits per heavy atom. The topological polar surface area (TPSA) is 70.1 Å². The maximum atomic E-state index is 11.6. The monoisotopic (exact) mass is 323 g/mol. The largest absolute Gasteiger partial charge is 0.464 e. The van der Waals surface area contributed by atoms with Crippen molar-refractivity contribution >= 4 is 27.7 Å². The van der Waals surface area contributed by atoms with Gasteiger partial charge in [0.2, 0.25) is 0 Å². The van der Waals surface area contributed by atoms with Crippen molar-refractivity contribution in [3.8, 4) is 5.69 Å². The zero-order valence-corrected chi connectivity index (χ0v) is 12.5. The minimum atomic E-state index is -0.539. The maximum Gasteiger partial charge on any atom is 0.360 e. The Kier molecular flexibility index (Phi) is 3.61. The summed E-state index contributed by atoms with van der Waals surface area (Å²) in [5.41, 5.74) is 8.08. The molecule has 2 N–H and O–H groups in total. The van der Waals surface area contributed by atoms with Crippen molar-refractivity contribution in [2.75, 3.05) is 12.8 Å². The summed E-state index contributed by atoms with van der Waals surface area (Å²) < 4.78 is 7.27. The quantitative estimate of drug-likeness (QED) is 0.862. The fourth-order valence-corrected chi connectivity index (χ4v) is 2.32. The van der Waals surface area contributed by atoms with Crippen LogP contribution in [-0.2, 0) is 4.74 Å². The van der Waals surface area contributed by atoms with Crippen molar-refractivity contribution in [1.29, 1.82) is 0 Å². The third kappa shape index (κ3) is 2.35. The van der Waals surface area contributed by atoms with Gasteiger partial charge in [0.05, 0.1) is 12.8 Å². The lowest BCUT2D eigenvalue weighted by atomic mass is 10.2. The van der Waals surface area contributed by atoms with Crippen molar-refractivity contribution in [3.05, 3.63) is 39.8 Å². The molecule has 0 bridgehead atoms. The van der Waals surface area contributed by atoms with Crippen molar-refractivity contribution in [3.63, 3.8) is 0 Å². The molecule has 1 aromatic carbocycles. The number of hydrogen-bond donors (Lipinski definition) is 1. The predicted molar refractivity (Wildman–Crippen MR) is 76.5 cm³/mol. The number of nitrogens with zero attached hydrogens (tertiary/aromatic N) is 2. The first-order valence-corrected chi connectivity index (χ1v) is 6.44. The van der Waals surface area contributed by atoms with Crippen LogP contribution in [-0.4, -0.2) is 22.6 Å². The van der Waals surface area contributed by atoms with Gasteiger partial charge in [0.1, 0.15) is 11.6 Å². The van der Waals surface area contributed by atoms with Gasteiger partial charge in [-0.15, -0.1) is 0 Å². The molecule has 1 aromatic heterocycles. The summed E-state index contributed by atoms with van der Waals surface area (Å²) in [5.74, 6) is 0.364. The molecule has 19 heavy (non-hydrogen) atoms. The number of aryl methyl sites for hydroxylation is 2. The fourth-order valence-electron chi connectivity index (χ4n) is 1.89. The molecule has 100 valence electrons. The number of rotatable bonds is 2. The van der Waals surface area contributed by atoms with Crippen LogP contribution < -0.4 is 5.73 Å². The Morgan fingerprint density at radius 2 is 2.11 bits per heavy atom. The highest BCUT2D eigenvalue weighted by Gasteiger charge is 2.21. The lowest BCUT2D eigenvalue weighted by Crippen LogP contribution is -2.08. The molecule has 0 aliphatic rings. The van der Waals surface area contributed by atoms with Gasteiger partial charge in [-0.25, -0.2) is 9.78 Å². The lowest BCUT2D eigenvalue weighted by molar-refractivity contribution is 0.0596. The highest BCUT2D eigenvalue weighted by Crippen LogP contribution is 2.28. The third-order valence-electron chi connectivity index (χ3n) is 2.80. The first-order valence-electron chi connectivity index (χ1n) is 5.65. The van der Waals surface area contributed by atoms with E-state index in [-0.39, 0.29) is 11.5 Å². The summed E-state index contributed by atoms with van der Waals surface area (Å²) in [7, 11) is 1.30. The van der Waals surface area contributed by atoms with Crippen LogP contribution >= 0.6 is 15.9 Å². The maximum absolute atomic E-state index is 11.6. The summed E-state index contributed by atoms with van der Waals surface area (Å²) in [6.07, 6.45) is 0. The zero-order chi connectivity index (χ0) is 14.2. The van der Waals surface area contributed by atoms with Crippen LogP contribution in [0.25, 0.3) is 5.69 Å². The minimum absolute atomic E-state index is 0.133. The fraction of sp³-hybridized carbons (Fsp3) is 0.231. The van der Waals surface area contributed by atoms with Gasteiger partial charge in [-0.2, -0.15) is 0 Å². The number of esters is 1. The summed E-state index contributed by atoms with van der Waals surface area (Å²) >= 11 is 3.48. The molecule has 0 aliphatic heterocycles. The molecule has 0 spiro atoms. The second-order valence-corrected chi connectivity index (χ2v) is 5.03. The Hall–Kier alpha value is -1.82. The molecule has 2 aromatic rings. The Bertz CT molecular complexity index is 650. The van der Waals surface area contributed by atoms with Crippen LogP contribution in [0.15, 0.2) is 22.7 Å². The Labute approximate surface area is 119 Å². The number of carbonyl (C=O) groups excluding carboxylic acids is 1. The van der Waals surface area contributed by atoms with Gasteiger partial charge in [0, 0.05) is 4.47 Å². The van der Waals surface area contributed by atoms with E-state index in [0.717, 1.165) is 15.7 Å². The van der Waals surface area contributed by atoms with Gasteiger partial charge in [-0.1, -0.05) is 6.07 Å². The molecular weight excluding hydrogens is 310 g/mol. The standard InChI is InChI=1S/C13H14BrN3O2/c1-7-4-5-9(14)10(6-7)17-8(2)16-11(12(17)15)13(18)19-3/h4-6H,15H2,1-3H3. The number of ether oxygens (including phenoxy) is 1. The van der Waals surface area contributed by atoms with E-state index in [4.69, 9.17) is 5.73 Å². The molecular formula is C13H14BrN3O2. The van der Waals surface area contributed by atoms with E-state index in [1.807, 2.05) is 25.1 Å². The first kappa shape index (κ1) is 13.6. The number of halogens is 1. The smallest absolute Gasteiger partial charge is 0.360 e. The second kappa shape index (κ2) is 5.05. The molecule has 2 rings (SSSR count). The van der Waals surface area contributed by atoms with Gasteiger partial charge in [-0.3, -0.25) is 4.57 Å². The summed E-state index contributed by atoms with van der Waals surface area (Å²) in [6, 6.07) is 5.88. The number of benzene rings is 1. The molecule has 0 fully saturated rings. The van der Waals surface area contributed by atoms with Crippen molar-refractivity contribution < 1.29 is 9.53 Å². The average molecular weight is 324 g/mol. The molecule has 6 heteroatoms. The predicted octanol–water partition coefficient (Wildman–Crippen LogP) is 2.62. The van der Waals surface area contributed by atoms with Crippen LogP contribution in [0.2, 0.25) is 0 Å². The number of anilines is 1. The van der Waals surface area contributed by atoms with Gasteiger partial charge >= 0.3 is 5.97 Å². The summed E-state index contributed by atoms with van der Waals surface area (Å²) in [5, 5.41) is 0. The SMILES string of the molecule is COC(=O)c1nc(C)n(-c2cc(C)ccc2Br)c1N. The van der Waals surface area contributed by atoms with Crippen LogP contribution in [0.5, 0.6) is 0 Å². The molecule has 0 atom stereocenters. The van der Waals surface area contributed by atoms with Crippen molar-refractivity contribution in [1.82, 2.24) is 9.55 Å². The number of nitrogens with two attached hydrogens (primary N) is 1. The van der Waals surface area contributed by atoms with Crippen LogP contribution in [0, 0.1) is 13.8 Å². The van der Waals surface area contributed by atoms with Crippen molar-refractivity contribution in [2.45, 2.75) is 13.8 Å². The van der Waals surface area contributed by atoms with Crippen LogP contribution in [0.3, 0.4) is 0 Å². The van der Waals surface area contributed by atoms with Crippen LogP contribution in [0.4, 0.5) is 5.82 Å². The van der Waals surface area contributed by atoms with Gasteiger partial charge in [0.15, 0.2) is 5.69 Å². The minimum Gasteiger partial charge on any atom is -0.464 e. The number of methoxy groups -OCH3 is 1. The normalized spacial score (nSPS) is 10.5. The molecule has 0 saturated carbocycles. The van der Waals surface area contributed by atoms with E-state index in [1.165, 1.54) is 7.11 Å². The zero-order valence-electron chi connectivity index (χ0n) is 10.9. The third-order valence-corrected chi connectivity index (χ3v) is 3.47. The van der Waals surface area contributed by atoms with E-state index in [1.54, 1.807) is 11.5 Å². The van der Waals surface area contributed by atoms with E-state index in [0.29, 0.717) is 5.82 Å². The molecule has 1 heterocycles. The van der Waals surface area contributed by atoms with Gasteiger partial charge in [-0.05, 0) is 47.5 Å². The first-order chi connectivity index (χ1) is 8.95. The summed E-state index contributed by atoms with van der Waals surface area (Å²) in [6.45, 7) is 3.77. The average Bonchev–Trinajstić information content (AvgIpc) is 2.67.